The van der Waals surface area contributed by atoms with Crippen molar-refractivity contribution in [2.24, 2.45) is 0 Å². The third kappa shape index (κ3) is 4.02. The molecule has 22 heavy (non-hydrogen) atoms. The van der Waals surface area contributed by atoms with E-state index in [1.165, 1.54) is 20.0 Å². The Morgan fingerprint density at radius 3 is 2.45 bits per heavy atom. The third-order valence-corrected chi connectivity index (χ3v) is 5.02. The summed E-state index contributed by atoms with van der Waals surface area (Å²) in [5.41, 5.74) is 2.58. The van der Waals surface area contributed by atoms with E-state index in [0.717, 1.165) is 28.6 Å². The summed E-state index contributed by atoms with van der Waals surface area (Å²) in [4.78, 5) is 14.2. The average Bonchev–Trinajstić information content (AvgIpc) is 2.50. The lowest BCUT2D eigenvalue weighted by molar-refractivity contribution is 0.0600. The lowest BCUT2D eigenvalue weighted by Gasteiger charge is -2.33. The highest BCUT2D eigenvalue weighted by molar-refractivity contribution is 9.10. The van der Waals surface area contributed by atoms with Crippen LogP contribution < -0.4 is 5.32 Å². The van der Waals surface area contributed by atoms with Crippen molar-refractivity contribution in [1.82, 2.24) is 4.90 Å². The van der Waals surface area contributed by atoms with E-state index in [4.69, 9.17) is 4.74 Å². The molecule has 0 unspecified atom stereocenters. The molecule has 0 aliphatic heterocycles. The van der Waals surface area contributed by atoms with Gasteiger partial charge in [-0.25, -0.2) is 4.79 Å². The first-order chi connectivity index (χ1) is 10.4. The number of halogens is 1. The molecule has 4 nitrogen and oxygen atoms in total. The van der Waals surface area contributed by atoms with Gasteiger partial charge in [0, 0.05) is 22.2 Å². The van der Waals surface area contributed by atoms with Crippen molar-refractivity contribution < 1.29 is 9.53 Å². The topological polar surface area (TPSA) is 41.6 Å². The predicted octanol–water partition coefficient (Wildman–Crippen LogP) is 3.83. The molecule has 5 heteroatoms. The summed E-state index contributed by atoms with van der Waals surface area (Å²) in [7, 11) is 5.72. The fourth-order valence-corrected chi connectivity index (χ4v) is 3.57. The highest BCUT2D eigenvalue weighted by atomic mass is 79.9. The number of anilines is 1. The van der Waals surface area contributed by atoms with Gasteiger partial charge in [-0.2, -0.15) is 0 Å². The molecule has 0 radical (unpaired) electrons. The molecule has 1 aromatic rings. The lowest BCUT2D eigenvalue weighted by Crippen LogP contribution is -2.36. The molecule has 1 saturated carbocycles. The van der Waals surface area contributed by atoms with Gasteiger partial charge in [-0.05, 0) is 64.4 Å². The van der Waals surface area contributed by atoms with Crippen molar-refractivity contribution in [2.45, 2.75) is 44.7 Å². The van der Waals surface area contributed by atoms with Crippen molar-refractivity contribution in [3.8, 4) is 0 Å². The number of nitrogens with one attached hydrogen (secondary N) is 1. The number of rotatable bonds is 4. The number of carbonyl (C=O) groups is 1. The molecule has 1 N–H and O–H groups in total. The SMILES string of the molecule is COC(=O)c1cc(Br)cc(NC2CCC(N(C)C)CC2)c1C. The summed E-state index contributed by atoms with van der Waals surface area (Å²) >= 11 is 3.48. The summed E-state index contributed by atoms with van der Waals surface area (Å²) in [6, 6.07) is 5.01. The molecule has 0 aromatic heterocycles. The van der Waals surface area contributed by atoms with Crippen molar-refractivity contribution in [1.29, 1.82) is 0 Å². The number of ether oxygens (including phenoxy) is 1. The van der Waals surface area contributed by atoms with Gasteiger partial charge in [-0.1, -0.05) is 15.9 Å². The Morgan fingerprint density at radius 2 is 1.91 bits per heavy atom. The Hall–Kier alpha value is -1.07. The second kappa shape index (κ2) is 7.47. The van der Waals surface area contributed by atoms with E-state index in [-0.39, 0.29) is 5.97 Å². The minimum atomic E-state index is -0.293. The number of methoxy groups -OCH3 is 1. The Kier molecular flexibility index (Phi) is 5.87. The number of hydrogen-bond donors (Lipinski definition) is 1. The molecule has 0 heterocycles. The van der Waals surface area contributed by atoms with Gasteiger partial charge in [0.1, 0.15) is 0 Å². The van der Waals surface area contributed by atoms with Crippen LogP contribution in [-0.2, 0) is 4.74 Å². The number of nitrogens with zero attached hydrogens (tertiary/aromatic N) is 1. The summed E-state index contributed by atoms with van der Waals surface area (Å²) < 4.78 is 5.76. The monoisotopic (exact) mass is 368 g/mol. The molecule has 1 aliphatic carbocycles. The first-order valence-electron chi connectivity index (χ1n) is 7.73. The van der Waals surface area contributed by atoms with Gasteiger partial charge in [-0.3, -0.25) is 0 Å². The molecular formula is C17H25BrN2O2. The second-order valence-electron chi connectivity index (χ2n) is 6.23. The number of carbonyl (C=O) groups excluding carboxylic acids is 1. The van der Waals surface area contributed by atoms with E-state index in [2.05, 4.69) is 40.2 Å². The number of esters is 1. The van der Waals surface area contributed by atoms with Crippen LogP contribution in [0.1, 0.15) is 41.6 Å². The van der Waals surface area contributed by atoms with Crippen LogP contribution in [-0.4, -0.2) is 44.2 Å². The largest absolute Gasteiger partial charge is 0.465 e. The van der Waals surface area contributed by atoms with E-state index in [1.807, 2.05) is 19.1 Å². The Bertz CT molecular complexity index is 538. The van der Waals surface area contributed by atoms with Gasteiger partial charge in [0.25, 0.3) is 0 Å². The van der Waals surface area contributed by atoms with Crippen LogP contribution in [0.4, 0.5) is 5.69 Å². The molecule has 0 saturated heterocycles. The van der Waals surface area contributed by atoms with Crippen LogP contribution in [0.15, 0.2) is 16.6 Å². The zero-order valence-electron chi connectivity index (χ0n) is 13.8. The normalized spacial score (nSPS) is 21.7. The zero-order chi connectivity index (χ0) is 16.3. The van der Waals surface area contributed by atoms with Crippen LogP contribution in [0.5, 0.6) is 0 Å². The van der Waals surface area contributed by atoms with Crippen LogP contribution >= 0.6 is 15.9 Å². The van der Waals surface area contributed by atoms with Gasteiger partial charge in [0.15, 0.2) is 0 Å². The summed E-state index contributed by atoms with van der Waals surface area (Å²) in [5.74, 6) is -0.293. The van der Waals surface area contributed by atoms with Crippen LogP contribution in [0.2, 0.25) is 0 Å². The van der Waals surface area contributed by atoms with Crippen LogP contribution in [0, 0.1) is 6.92 Å². The molecule has 1 aromatic carbocycles. The van der Waals surface area contributed by atoms with Gasteiger partial charge in [-0.15, -0.1) is 0 Å². The van der Waals surface area contributed by atoms with E-state index >= 15 is 0 Å². The minimum Gasteiger partial charge on any atom is -0.465 e. The van der Waals surface area contributed by atoms with Gasteiger partial charge < -0.3 is 15.0 Å². The van der Waals surface area contributed by atoms with Crippen molar-refractivity contribution in [3.63, 3.8) is 0 Å². The number of hydrogen-bond acceptors (Lipinski definition) is 4. The first-order valence-corrected chi connectivity index (χ1v) is 8.53. The van der Waals surface area contributed by atoms with Crippen molar-refractivity contribution in [3.05, 3.63) is 27.7 Å². The van der Waals surface area contributed by atoms with Crippen molar-refractivity contribution in [2.75, 3.05) is 26.5 Å². The van der Waals surface area contributed by atoms with Gasteiger partial charge >= 0.3 is 5.97 Å². The molecule has 1 aliphatic rings. The smallest absolute Gasteiger partial charge is 0.338 e. The van der Waals surface area contributed by atoms with Crippen LogP contribution in [0.3, 0.4) is 0 Å². The van der Waals surface area contributed by atoms with Gasteiger partial charge in [0.2, 0.25) is 0 Å². The maximum atomic E-state index is 11.9. The predicted molar refractivity (Wildman–Crippen MR) is 93.6 cm³/mol. The highest BCUT2D eigenvalue weighted by Crippen LogP contribution is 2.29. The van der Waals surface area contributed by atoms with Crippen molar-refractivity contribution >= 4 is 27.6 Å². The quantitative estimate of drug-likeness (QED) is 0.820. The van der Waals surface area contributed by atoms with E-state index < -0.39 is 0 Å². The Balaban J connectivity index is 2.10. The maximum Gasteiger partial charge on any atom is 0.338 e. The second-order valence-corrected chi connectivity index (χ2v) is 7.15. The Labute approximate surface area is 141 Å². The van der Waals surface area contributed by atoms with E-state index in [0.29, 0.717) is 17.6 Å². The lowest BCUT2D eigenvalue weighted by atomic mass is 9.90. The van der Waals surface area contributed by atoms with E-state index in [9.17, 15) is 4.79 Å². The van der Waals surface area contributed by atoms with Crippen LogP contribution in [0.25, 0.3) is 0 Å². The fraction of sp³-hybridized carbons (Fsp3) is 0.588. The standard InChI is InChI=1S/C17H25BrN2O2/c1-11-15(17(21)22-4)9-12(18)10-16(11)19-13-5-7-14(8-6-13)20(2)3/h9-10,13-14,19H,5-8H2,1-4H3. The third-order valence-electron chi connectivity index (χ3n) is 4.56. The molecule has 0 amide bonds. The average molecular weight is 369 g/mol. The maximum absolute atomic E-state index is 11.9. The zero-order valence-corrected chi connectivity index (χ0v) is 15.4. The molecule has 0 spiro atoms. The minimum absolute atomic E-state index is 0.293. The summed E-state index contributed by atoms with van der Waals surface area (Å²) in [6.07, 6.45) is 4.73. The highest BCUT2D eigenvalue weighted by Gasteiger charge is 2.23. The fourth-order valence-electron chi connectivity index (χ4n) is 3.11. The first kappa shape index (κ1) is 17.3. The molecule has 0 atom stereocenters. The number of benzene rings is 1. The molecule has 122 valence electrons. The Morgan fingerprint density at radius 1 is 1.27 bits per heavy atom. The van der Waals surface area contributed by atoms with E-state index in [1.54, 1.807) is 0 Å². The summed E-state index contributed by atoms with van der Waals surface area (Å²) in [6.45, 7) is 1.96. The molecule has 0 bridgehead atoms. The summed E-state index contributed by atoms with van der Waals surface area (Å²) in [5, 5.41) is 3.61. The molecular weight excluding hydrogens is 344 g/mol. The molecule has 2 rings (SSSR count). The molecule has 1 fully saturated rings. The van der Waals surface area contributed by atoms with Gasteiger partial charge in [0.05, 0.1) is 12.7 Å².